The predicted octanol–water partition coefficient (Wildman–Crippen LogP) is 3.35. The van der Waals surface area contributed by atoms with Crippen molar-refractivity contribution in [2.45, 2.75) is 89.3 Å². The normalized spacial score (nSPS) is 31.5. The number of hydrogen-bond acceptors (Lipinski definition) is 3. The van der Waals surface area contributed by atoms with Gasteiger partial charge in [-0.05, 0) is 51.9 Å². The van der Waals surface area contributed by atoms with Gasteiger partial charge in [0.25, 0.3) is 0 Å². The van der Waals surface area contributed by atoms with Gasteiger partial charge >= 0.3 is 5.97 Å². The fourth-order valence-electron chi connectivity index (χ4n) is 3.93. The molecule has 2 rings (SSSR count). The zero-order valence-corrected chi connectivity index (χ0v) is 13.6. The maximum atomic E-state index is 11.7. The smallest absolute Gasteiger partial charge is 0.324 e. The Labute approximate surface area is 128 Å². The van der Waals surface area contributed by atoms with Crippen LogP contribution in [-0.4, -0.2) is 35.4 Å². The Morgan fingerprint density at radius 2 is 1.95 bits per heavy atom. The third-order valence-electron chi connectivity index (χ3n) is 4.97. The SMILES string of the molecule is CC(C)NC1(C(=O)O)CCCC(OCC2CCCCC2)C1. The van der Waals surface area contributed by atoms with Gasteiger partial charge in [-0.15, -0.1) is 0 Å². The highest BCUT2D eigenvalue weighted by molar-refractivity contribution is 5.79. The van der Waals surface area contributed by atoms with Gasteiger partial charge in [0, 0.05) is 19.1 Å². The van der Waals surface area contributed by atoms with Crippen molar-refractivity contribution in [2.75, 3.05) is 6.61 Å². The van der Waals surface area contributed by atoms with E-state index in [1.165, 1.54) is 32.1 Å². The van der Waals surface area contributed by atoms with Crippen LogP contribution >= 0.6 is 0 Å². The number of carboxylic acid groups (broad SMARTS) is 1. The Morgan fingerprint density at radius 3 is 2.57 bits per heavy atom. The summed E-state index contributed by atoms with van der Waals surface area (Å²) in [4.78, 5) is 11.7. The summed E-state index contributed by atoms with van der Waals surface area (Å²) in [6.45, 7) is 4.84. The van der Waals surface area contributed by atoms with Crippen LogP contribution < -0.4 is 5.32 Å². The molecule has 2 aliphatic rings. The van der Waals surface area contributed by atoms with Gasteiger partial charge in [0.05, 0.1) is 6.10 Å². The first kappa shape index (κ1) is 16.8. The molecule has 0 aliphatic heterocycles. The number of carbonyl (C=O) groups is 1. The van der Waals surface area contributed by atoms with Crippen molar-refractivity contribution >= 4 is 5.97 Å². The summed E-state index contributed by atoms with van der Waals surface area (Å²) in [7, 11) is 0. The summed E-state index contributed by atoms with van der Waals surface area (Å²) in [6, 6.07) is 0.179. The molecule has 0 spiro atoms. The summed E-state index contributed by atoms with van der Waals surface area (Å²) < 4.78 is 6.11. The molecule has 21 heavy (non-hydrogen) atoms. The van der Waals surface area contributed by atoms with Crippen molar-refractivity contribution in [3.8, 4) is 0 Å². The van der Waals surface area contributed by atoms with Crippen molar-refractivity contribution in [1.29, 1.82) is 0 Å². The lowest BCUT2D eigenvalue weighted by Crippen LogP contribution is -2.58. The van der Waals surface area contributed by atoms with E-state index in [0.29, 0.717) is 18.8 Å². The second kappa shape index (κ2) is 7.59. The van der Waals surface area contributed by atoms with Gasteiger partial charge in [-0.25, -0.2) is 0 Å². The van der Waals surface area contributed by atoms with E-state index in [1.807, 2.05) is 13.8 Å². The lowest BCUT2D eigenvalue weighted by Gasteiger charge is -2.40. The first-order valence-corrected chi connectivity index (χ1v) is 8.64. The molecular weight excluding hydrogens is 266 g/mol. The van der Waals surface area contributed by atoms with Gasteiger partial charge in [-0.1, -0.05) is 19.3 Å². The van der Waals surface area contributed by atoms with Crippen molar-refractivity contribution in [3.63, 3.8) is 0 Å². The molecule has 0 aromatic carbocycles. The molecule has 0 heterocycles. The molecule has 4 heteroatoms. The van der Waals surface area contributed by atoms with E-state index in [1.54, 1.807) is 0 Å². The van der Waals surface area contributed by atoms with Crippen LogP contribution in [0.3, 0.4) is 0 Å². The highest BCUT2D eigenvalue weighted by Crippen LogP contribution is 2.32. The molecule has 4 nitrogen and oxygen atoms in total. The van der Waals surface area contributed by atoms with Crippen LogP contribution in [0.1, 0.15) is 71.6 Å². The predicted molar refractivity (Wildman–Crippen MR) is 83.4 cm³/mol. The van der Waals surface area contributed by atoms with Crippen molar-refractivity contribution in [1.82, 2.24) is 5.32 Å². The summed E-state index contributed by atoms with van der Waals surface area (Å²) in [6.07, 6.45) is 9.92. The number of rotatable bonds is 6. The third-order valence-corrected chi connectivity index (χ3v) is 4.97. The molecule has 2 N–H and O–H groups in total. The van der Waals surface area contributed by atoms with Gasteiger partial charge in [-0.3, -0.25) is 10.1 Å². The molecule has 2 atom stereocenters. The summed E-state index contributed by atoms with van der Waals surface area (Å²) >= 11 is 0. The standard InChI is InChI=1S/C17H31NO3/c1-13(2)18-17(16(19)20)10-6-9-15(11-17)21-12-14-7-4-3-5-8-14/h13-15,18H,3-12H2,1-2H3,(H,19,20). The third kappa shape index (κ3) is 4.68. The Morgan fingerprint density at radius 1 is 1.24 bits per heavy atom. The minimum absolute atomic E-state index is 0.100. The van der Waals surface area contributed by atoms with Gasteiger partial charge in [0.1, 0.15) is 5.54 Å². The topological polar surface area (TPSA) is 58.6 Å². The molecule has 122 valence electrons. The summed E-state index contributed by atoms with van der Waals surface area (Å²) in [5.41, 5.74) is -0.788. The molecule has 2 unspecified atom stereocenters. The first-order valence-electron chi connectivity index (χ1n) is 8.64. The van der Waals surface area contributed by atoms with Gasteiger partial charge < -0.3 is 9.84 Å². The number of ether oxygens (including phenoxy) is 1. The average Bonchev–Trinajstić information content (AvgIpc) is 2.46. The van der Waals surface area contributed by atoms with Crippen LogP contribution in [0.2, 0.25) is 0 Å². The maximum Gasteiger partial charge on any atom is 0.324 e. The first-order chi connectivity index (χ1) is 10.0. The van der Waals surface area contributed by atoms with E-state index in [2.05, 4.69) is 5.32 Å². The van der Waals surface area contributed by atoms with Crippen molar-refractivity contribution in [2.24, 2.45) is 5.92 Å². The van der Waals surface area contributed by atoms with Gasteiger partial charge in [-0.2, -0.15) is 0 Å². The minimum Gasteiger partial charge on any atom is -0.480 e. The number of hydrogen-bond donors (Lipinski definition) is 2. The van der Waals surface area contributed by atoms with Crippen LogP contribution in [0.25, 0.3) is 0 Å². The van der Waals surface area contributed by atoms with E-state index in [0.717, 1.165) is 19.4 Å². The monoisotopic (exact) mass is 297 g/mol. The van der Waals surface area contributed by atoms with Crippen molar-refractivity contribution < 1.29 is 14.6 Å². The molecule has 0 saturated heterocycles. The van der Waals surface area contributed by atoms with Crippen LogP contribution in [0.4, 0.5) is 0 Å². The molecule has 0 aromatic rings. The van der Waals surface area contributed by atoms with E-state index in [9.17, 15) is 9.90 Å². The summed E-state index contributed by atoms with van der Waals surface area (Å²) in [5, 5.41) is 12.9. The zero-order chi connectivity index (χ0) is 15.3. The zero-order valence-electron chi connectivity index (χ0n) is 13.6. The number of aliphatic carboxylic acids is 1. The molecule has 2 aliphatic carbocycles. The molecule has 2 saturated carbocycles. The minimum atomic E-state index is -0.788. The number of carboxylic acids is 1. The Balaban J connectivity index is 1.87. The highest BCUT2D eigenvalue weighted by atomic mass is 16.5. The van der Waals surface area contributed by atoms with Crippen LogP contribution in [-0.2, 0) is 9.53 Å². The second-order valence-electron chi connectivity index (χ2n) is 7.24. The fourth-order valence-corrected chi connectivity index (χ4v) is 3.93. The van der Waals surface area contributed by atoms with E-state index >= 15 is 0 Å². The molecule has 0 bridgehead atoms. The van der Waals surface area contributed by atoms with E-state index in [4.69, 9.17) is 4.74 Å². The molecular formula is C17H31NO3. The summed E-state index contributed by atoms with van der Waals surface area (Å²) in [5.74, 6) is -0.0277. The van der Waals surface area contributed by atoms with Crippen molar-refractivity contribution in [3.05, 3.63) is 0 Å². The highest BCUT2D eigenvalue weighted by Gasteiger charge is 2.43. The molecule has 2 fully saturated rings. The van der Waals surface area contributed by atoms with Crippen LogP contribution in [0, 0.1) is 5.92 Å². The Kier molecular flexibility index (Phi) is 6.06. The van der Waals surface area contributed by atoms with E-state index in [-0.39, 0.29) is 12.1 Å². The lowest BCUT2D eigenvalue weighted by atomic mass is 9.79. The van der Waals surface area contributed by atoms with E-state index < -0.39 is 11.5 Å². The Bertz CT molecular complexity index is 339. The van der Waals surface area contributed by atoms with Gasteiger partial charge in [0.15, 0.2) is 0 Å². The Hall–Kier alpha value is -0.610. The van der Waals surface area contributed by atoms with Gasteiger partial charge in [0.2, 0.25) is 0 Å². The van der Waals surface area contributed by atoms with Crippen LogP contribution in [0.5, 0.6) is 0 Å². The largest absolute Gasteiger partial charge is 0.480 e. The molecule has 0 aromatic heterocycles. The molecule has 0 amide bonds. The quantitative estimate of drug-likeness (QED) is 0.789. The maximum absolute atomic E-state index is 11.7. The van der Waals surface area contributed by atoms with Crippen LogP contribution in [0.15, 0.2) is 0 Å². The molecule has 0 radical (unpaired) electrons. The lowest BCUT2D eigenvalue weighted by molar-refractivity contribution is -0.150. The average molecular weight is 297 g/mol. The fraction of sp³-hybridized carbons (Fsp3) is 0.941. The number of nitrogens with one attached hydrogen (secondary N) is 1. The second-order valence-corrected chi connectivity index (χ2v) is 7.24.